The van der Waals surface area contributed by atoms with Crippen LogP contribution >= 0.6 is 0 Å². The zero-order valence-corrected chi connectivity index (χ0v) is 6.40. The van der Waals surface area contributed by atoms with Crippen LogP contribution in [0.1, 0.15) is 20.3 Å². The smallest absolute Gasteiger partial charge is 0.314 e. The summed E-state index contributed by atoms with van der Waals surface area (Å²) in [6, 6.07) is 0. The molecule has 0 aromatic rings. The van der Waals surface area contributed by atoms with Crippen molar-refractivity contribution in [2.75, 3.05) is 7.11 Å². The van der Waals surface area contributed by atoms with Crippen LogP contribution in [-0.4, -0.2) is 18.7 Å². The molecule has 1 aliphatic rings. The largest absolute Gasteiger partial charge is 0.469 e. The SMILES string of the molecule is COC(=O)[C@@]1(C)C[C@]1(C)F. The fourth-order valence-corrected chi connectivity index (χ4v) is 1.13. The van der Waals surface area contributed by atoms with Gasteiger partial charge in [0.05, 0.1) is 7.11 Å². The van der Waals surface area contributed by atoms with Gasteiger partial charge in [0.2, 0.25) is 0 Å². The van der Waals surface area contributed by atoms with E-state index in [2.05, 4.69) is 4.74 Å². The second kappa shape index (κ2) is 1.71. The highest BCUT2D eigenvalue weighted by atomic mass is 19.1. The predicted octanol–water partition coefficient (Wildman–Crippen LogP) is 1.30. The van der Waals surface area contributed by atoms with Crippen molar-refractivity contribution < 1.29 is 13.9 Å². The van der Waals surface area contributed by atoms with Crippen LogP contribution in [0.3, 0.4) is 0 Å². The van der Waals surface area contributed by atoms with Crippen molar-refractivity contribution in [2.24, 2.45) is 5.41 Å². The van der Waals surface area contributed by atoms with Crippen LogP contribution in [0.5, 0.6) is 0 Å². The molecule has 1 fully saturated rings. The quantitative estimate of drug-likeness (QED) is 0.521. The minimum atomic E-state index is -1.35. The fraction of sp³-hybridized carbons (Fsp3) is 0.857. The van der Waals surface area contributed by atoms with Gasteiger partial charge in [0.1, 0.15) is 11.1 Å². The first-order valence-corrected chi connectivity index (χ1v) is 3.21. The number of carbonyl (C=O) groups excluding carboxylic acids is 1. The van der Waals surface area contributed by atoms with Crippen LogP contribution in [0.4, 0.5) is 4.39 Å². The lowest BCUT2D eigenvalue weighted by Crippen LogP contribution is -2.21. The molecule has 0 aromatic carbocycles. The van der Waals surface area contributed by atoms with E-state index in [-0.39, 0.29) is 6.42 Å². The summed E-state index contributed by atoms with van der Waals surface area (Å²) in [4.78, 5) is 10.8. The Kier molecular flexibility index (Phi) is 1.28. The van der Waals surface area contributed by atoms with Crippen LogP contribution in [0.2, 0.25) is 0 Å². The third-order valence-corrected chi connectivity index (χ3v) is 2.35. The summed E-state index contributed by atoms with van der Waals surface area (Å²) in [6.45, 7) is 3.00. The number of carbonyl (C=O) groups is 1. The summed E-state index contributed by atoms with van der Waals surface area (Å²) in [6.07, 6.45) is 0.284. The number of ether oxygens (including phenoxy) is 1. The van der Waals surface area contributed by atoms with E-state index >= 15 is 0 Å². The van der Waals surface area contributed by atoms with Crippen molar-refractivity contribution in [1.82, 2.24) is 0 Å². The van der Waals surface area contributed by atoms with Gasteiger partial charge in [-0.1, -0.05) is 0 Å². The number of hydrogen-bond acceptors (Lipinski definition) is 2. The van der Waals surface area contributed by atoms with E-state index in [0.29, 0.717) is 0 Å². The van der Waals surface area contributed by atoms with Crippen molar-refractivity contribution in [3.05, 3.63) is 0 Å². The predicted molar refractivity (Wildman–Crippen MR) is 34.3 cm³/mol. The molecule has 3 heteroatoms. The Balaban J connectivity index is 2.68. The van der Waals surface area contributed by atoms with E-state index in [9.17, 15) is 9.18 Å². The molecule has 0 aromatic heterocycles. The summed E-state index contributed by atoms with van der Waals surface area (Å²) in [7, 11) is 1.28. The van der Waals surface area contributed by atoms with Gasteiger partial charge in [0.25, 0.3) is 0 Å². The van der Waals surface area contributed by atoms with Crippen LogP contribution in [0.15, 0.2) is 0 Å². The maximum Gasteiger partial charge on any atom is 0.314 e. The van der Waals surface area contributed by atoms with E-state index in [0.717, 1.165) is 0 Å². The van der Waals surface area contributed by atoms with Gasteiger partial charge < -0.3 is 4.74 Å². The Morgan fingerprint density at radius 1 is 1.60 bits per heavy atom. The van der Waals surface area contributed by atoms with Crippen LogP contribution in [-0.2, 0) is 9.53 Å². The lowest BCUT2D eigenvalue weighted by Gasteiger charge is -2.07. The molecule has 0 unspecified atom stereocenters. The number of halogens is 1. The summed E-state index contributed by atoms with van der Waals surface area (Å²) >= 11 is 0. The topological polar surface area (TPSA) is 26.3 Å². The van der Waals surface area contributed by atoms with Crippen LogP contribution in [0.25, 0.3) is 0 Å². The standard InChI is InChI=1S/C7H11FO2/c1-6(5(9)10-3)4-7(6,2)8/h4H2,1-3H3/t6-,7+/m1/s1. The molecule has 1 aliphatic carbocycles. The number of alkyl halides is 1. The fourth-order valence-electron chi connectivity index (χ4n) is 1.13. The normalized spacial score (nSPS) is 44.8. The van der Waals surface area contributed by atoms with Crippen molar-refractivity contribution in [1.29, 1.82) is 0 Å². The Hall–Kier alpha value is -0.600. The van der Waals surface area contributed by atoms with Crippen molar-refractivity contribution >= 4 is 5.97 Å². The Morgan fingerprint density at radius 3 is 2.10 bits per heavy atom. The maximum atomic E-state index is 13.0. The molecule has 0 saturated heterocycles. The second-order valence-electron chi connectivity index (χ2n) is 3.20. The first kappa shape index (κ1) is 7.51. The highest BCUT2D eigenvalue weighted by molar-refractivity contribution is 5.82. The molecule has 58 valence electrons. The van der Waals surface area contributed by atoms with Gasteiger partial charge in [-0.05, 0) is 13.8 Å². The lowest BCUT2D eigenvalue weighted by atomic mass is 10.1. The average Bonchev–Trinajstić information content (AvgIpc) is 2.32. The van der Waals surface area contributed by atoms with Gasteiger partial charge in [-0.15, -0.1) is 0 Å². The van der Waals surface area contributed by atoms with E-state index in [1.165, 1.54) is 14.0 Å². The monoisotopic (exact) mass is 146 g/mol. The van der Waals surface area contributed by atoms with Crippen molar-refractivity contribution in [3.63, 3.8) is 0 Å². The molecule has 0 N–H and O–H groups in total. The molecule has 0 amide bonds. The van der Waals surface area contributed by atoms with Crippen molar-refractivity contribution in [2.45, 2.75) is 25.9 Å². The zero-order valence-electron chi connectivity index (χ0n) is 6.40. The van der Waals surface area contributed by atoms with Gasteiger partial charge in [-0.2, -0.15) is 0 Å². The first-order chi connectivity index (χ1) is 4.44. The van der Waals surface area contributed by atoms with Crippen LogP contribution < -0.4 is 0 Å². The molecule has 1 saturated carbocycles. The summed E-state index contributed by atoms with van der Waals surface area (Å²) in [5.74, 6) is -0.447. The molecule has 1 rings (SSSR count). The van der Waals surface area contributed by atoms with Gasteiger partial charge >= 0.3 is 5.97 Å². The number of hydrogen-bond donors (Lipinski definition) is 0. The summed E-state index contributed by atoms with van der Waals surface area (Å²) in [5, 5.41) is 0. The maximum absolute atomic E-state index is 13.0. The second-order valence-corrected chi connectivity index (χ2v) is 3.20. The lowest BCUT2D eigenvalue weighted by molar-refractivity contribution is -0.148. The third kappa shape index (κ3) is 0.728. The molecule has 0 heterocycles. The van der Waals surface area contributed by atoms with E-state index in [1.807, 2.05) is 0 Å². The van der Waals surface area contributed by atoms with E-state index in [4.69, 9.17) is 0 Å². The average molecular weight is 146 g/mol. The molecule has 0 aliphatic heterocycles. The summed E-state index contributed by atoms with van der Waals surface area (Å²) < 4.78 is 17.4. The molecule has 10 heavy (non-hydrogen) atoms. The molecular formula is C7H11FO2. The van der Waals surface area contributed by atoms with E-state index < -0.39 is 17.1 Å². The number of esters is 1. The molecule has 2 atom stereocenters. The Bertz CT molecular complexity index is 176. The minimum Gasteiger partial charge on any atom is -0.469 e. The highest BCUT2D eigenvalue weighted by Gasteiger charge is 2.68. The number of methoxy groups -OCH3 is 1. The highest BCUT2D eigenvalue weighted by Crippen LogP contribution is 2.59. The molecule has 0 radical (unpaired) electrons. The van der Waals surface area contributed by atoms with Crippen LogP contribution in [0, 0.1) is 5.41 Å². The van der Waals surface area contributed by atoms with Gasteiger partial charge in [-0.3, -0.25) is 4.79 Å². The minimum absolute atomic E-state index is 0.284. The molecule has 0 spiro atoms. The van der Waals surface area contributed by atoms with Gasteiger partial charge in [-0.25, -0.2) is 4.39 Å². The molecule has 2 nitrogen and oxygen atoms in total. The van der Waals surface area contributed by atoms with Gasteiger partial charge in [0, 0.05) is 6.42 Å². The molecular weight excluding hydrogens is 135 g/mol. The first-order valence-electron chi connectivity index (χ1n) is 3.21. The Labute approximate surface area is 59.4 Å². The summed E-state index contributed by atoms with van der Waals surface area (Å²) in [5.41, 5.74) is -2.22. The van der Waals surface area contributed by atoms with Crippen molar-refractivity contribution in [3.8, 4) is 0 Å². The molecule has 0 bridgehead atoms. The van der Waals surface area contributed by atoms with E-state index in [1.54, 1.807) is 6.92 Å². The van der Waals surface area contributed by atoms with Gasteiger partial charge in [0.15, 0.2) is 0 Å². The Morgan fingerprint density at radius 2 is 2.00 bits per heavy atom. The number of rotatable bonds is 1. The zero-order chi connectivity index (χ0) is 7.99. The third-order valence-electron chi connectivity index (χ3n) is 2.35.